The quantitative estimate of drug-likeness (QED) is 0.867. The fourth-order valence-corrected chi connectivity index (χ4v) is 3.33. The molecule has 1 aliphatic rings. The number of nitrogens with zero attached hydrogens (tertiary/aromatic N) is 3. The van der Waals surface area contributed by atoms with Gasteiger partial charge in [0.15, 0.2) is 0 Å². The Hall–Kier alpha value is -2.34. The molecule has 0 saturated carbocycles. The van der Waals surface area contributed by atoms with Gasteiger partial charge in [0.25, 0.3) is 5.91 Å². The number of carbonyl (C=O) groups excluding carboxylic acids is 1. The smallest absolute Gasteiger partial charge is 0.258 e. The van der Waals surface area contributed by atoms with Gasteiger partial charge in [0.05, 0.1) is 37.6 Å². The molecular weight excluding hydrogens is 306 g/mol. The topological polar surface area (TPSA) is 56.6 Å². The van der Waals surface area contributed by atoms with Gasteiger partial charge >= 0.3 is 0 Å². The lowest BCUT2D eigenvalue weighted by Crippen LogP contribution is -2.43. The van der Waals surface area contributed by atoms with E-state index < -0.39 is 0 Å². The van der Waals surface area contributed by atoms with Crippen LogP contribution in [0.25, 0.3) is 0 Å². The number of hydrogen-bond donors (Lipinski definition) is 0. The number of rotatable bonds is 3. The van der Waals surface area contributed by atoms with Crippen LogP contribution in [0.5, 0.6) is 5.75 Å². The van der Waals surface area contributed by atoms with Crippen LogP contribution >= 0.6 is 0 Å². The van der Waals surface area contributed by atoms with E-state index >= 15 is 0 Å². The van der Waals surface area contributed by atoms with Crippen molar-refractivity contribution in [3.8, 4) is 5.75 Å². The van der Waals surface area contributed by atoms with Crippen molar-refractivity contribution >= 4 is 5.91 Å². The number of benzene rings is 1. The Morgan fingerprint density at radius 3 is 2.75 bits per heavy atom. The average Bonchev–Trinajstić information content (AvgIpc) is 2.86. The molecular formula is C18H23N3O3. The minimum Gasteiger partial charge on any atom is -0.496 e. The van der Waals surface area contributed by atoms with E-state index in [9.17, 15) is 4.79 Å². The Balaban J connectivity index is 1.99. The molecule has 128 valence electrons. The number of para-hydroxylation sites is 1. The first kappa shape index (κ1) is 16.5. The predicted molar refractivity (Wildman–Crippen MR) is 90.3 cm³/mol. The van der Waals surface area contributed by atoms with Crippen LogP contribution in [-0.2, 0) is 11.8 Å². The van der Waals surface area contributed by atoms with E-state index in [0.717, 1.165) is 17.0 Å². The van der Waals surface area contributed by atoms with Gasteiger partial charge in [-0.3, -0.25) is 9.48 Å². The first-order valence-electron chi connectivity index (χ1n) is 8.06. The molecule has 1 amide bonds. The minimum atomic E-state index is -0.134. The molecule has 1 aromatic heterocycles. The number of aromatic nitrogens is 2. The van der Waals surface area contributed by atoms with Crippen molar-refractivity contribution in [2.24, 2.45) is 7.05 Å². The third kappa shape index (κ3) is 2.78. The van der Waals surface area contributed by atoms with E-state index in [1.54, 1.807) is 13.2 Å². The van der Waals surface area contributed by atoms with E-state index in [4.69, 9.17) is 9.47 Å². The molecule has 0 spiro atoms. The van der Waals surface area contributed by atoms with Crippen molar-refractivity contribution in [3.05, 3.63) is 46.8 Å². The van der Waals surface area contributed by atoms with Gasteiger partial charge in [0, 0.05) is 24.8 Å². The summed E-state index contributed by atoms with van der Waals surface area (Å²) in [5.41, 5.74) is 3.63. The zero-order valence-electron chi connectivity index (χ0n) is 14.6. The zero-order chi connectivity index (χ0) is 17.3. The lowest BCUT2D eigenvalue weighted by molar-refractivity contribution is -0.00319. The normalized spacial score (nSPS) is 17.8. The van der Waals surface area contributed by atoms with Crippen molar-refractivity contribution in [2.75, 3.05) is 26.9 Å². The Kier molecular flexibility index (Phi) is 4.57. The second kappa shape index (κ2) is 6.65. The van der Waals surface area contributed by atoms with E-state index in [-0.39, 0.29) is 11.9 Å². The predicted octanol–water partition coefficient (Wildman–Crippen LogP) is 2.26. The summed E-state index contributed by atoms with van der Waals surface area (Å²) in [6, 6.07) is 7.19. The summed E-state index contributed by atoms with van der Waals surface area (Å²) in [5.74, 6) is 0.552. The maximum atomic E-state index is 13.2. The number of morpholine rings is 1. The van der Waals surface area contributed by atoms with E-state index in [1.165, 1.54) is 0 Å². The fourth-order valence-electron chi connectivity index (χ4n) is 3.33. The summed E-state index contributed by atoms with van der Waals surface area (Å²) < 4.78 is 12.9. The van der Waals surface area contributed by atoms with Crippen LogP contribution in [0.3, 0.4) is 0 Å². The molecule has 0 N–H and O–H groups in total. The second-order valence-corrected chi connectivity index (χ2v) is 6.00. The van der Waals surface area contributed by atoms with Gasteiger partial charge in [0.1, 0.15) is 5.75 Å². The van der Waals surface area contributed by atoms with Gasteiger partial charge in [0.2, 0.25) is 0 Å². The van der Waals surface area contributed by atoms with Gasteiger partial charge in [-0.25, -0.2) is 0 Å². The van der Waals surface area contributed by atoms with Crippen LogP contribution < -0.4 is 4.74 Å². The minimum absolute atomic E-state index is 0.0385. The van der Waals surface area contributed by atoms with Crippen molar-refractivity contribution in [1.82, 2.24) is 14.7 Å². The molecule has 0 radical (unpaired) electrons. The van der Waals surface area contributed by atoms with E-state index in [1.807, 2.05) is 48.7 Å². The molecule has 1 atom stereocenters. The van der Waals surface area contributed by atoms with Crippen LogP contribution in [0, 0.1) is 13.8 Å². The number of hydrogen-bond acceptors (Lipinski definition) is 4. The summed E-state index contributed by atoms with van der Waals surface area (Å²) in [6.45, 7) is 5.57. The molecule has 1 fully saturated rings. The van der Waals surface area contributed by atoms with Gasteiger partial charge < -0.3 is 14.4 Å². The summed E-state index contributed by atoms with van der Waals surface area (Å²) in [7, 11) is 3.50. The number of ether oxygens (including phenoxy) is 2. The molecule has 3 rings (SSSR count). The van der Waals surface area contributed by atoms with Crippen LogP contribution in [0.2, 0.25) is 0 Å². The number of amides is 1. The molecule has 1 aliphatic heterocycles. The third-order valence-electron chi connectivity index (χ3n) is 4.62. The van der Waals surface area contributed by atoms with E-state index in [2.05, 4.69) is 5.10 Å². The number of aryl methyl sites for hydroxylation is 2. The number of methoxy groups -OCH3 is 1. The molecule has 1 aromatic carbocycles. The molecule has 0 aliphatic carbocycles. The highest BCUT2D eigenvalue weighted by Crippen LogP contribution is 2.31. The standard InChI is InChI=1S/C18H23N3O3/c1-12-17(13(2)20(3)19-12)15-11-24-10-9-21(15)18(22)14-7-5-6-8-16(14)23-4/h5-8,15H,9-11H2,1-4H3. The van der Waals surface area contributed by atoms with Gasteiger partial charge in [-0.15, -0.1) is 0 Å². The molecule has 1 unspecified atom stereocenters. The summed E-state index contributed by atoms with van der Waals surface area (Å²) in [4.78, 5) is 15.0. The molecule has 24 heavy (non-hydrogen) atoms. The lowest BCUT2D eigenvalue weighted by atomic mass is 10.0. The fraction of sp³-hybridized carbons (Fsp3) is 0.444. The summed E-state index contributed by atoms with van der Waals surface area (Å²) in [5, 5.41) is 4.48. The highest BCUT2D eigenvalue weighted by Gasteiger charge is 2.33. The SMILES string of the molecule is COc1ccccc1C(=O)N1CCOCC1c1c(C)nn(C)c1C. The lowest BCUT2D eigenvalue weighted by Gasteiger charge is -2.36. The summed E-state index contributed by atoms with van der Waals surface area (Å²) >= 11 is 0. The van der Waals surface area contributed by atoms with Gasteiger partial charge in [-0.05, 0) is 26.0 Å². The molecule has 2 aromatic rings. The maximum absolute atomic E-state index is 13.2. The Labute approximate surface area is 142 Å². The number of carbonyl (C=O) groups is 1. The third-order valence-corrected chi connectivity index (χ3v) is 4.62. The van der Waals surface area contributed by atoms with Crippen molar-refractivity contribution in [1.29, 1.82) is 0 Å². The summed E-state index contributed by atoms with van der Waals surface area (Å²) in [6.07, 6.45) is 0. The average molecular weight is 329 g/mol. The molecule has 1 saturated heterocycles. The Morgan fingerprint density at radius 2 is 2.08 bits per heavy atom. The van der Waals surface area contributed by atoms with Gasteiger partial charge in [-0.1, -0.05) is 12.1 Å². The van der Waals surface area contributed by atoms with Crippen molar-refractivity contribution in [2.45, 2.75) is 19.9 Å². The van der Waals surface area contributed by atoms with Crippen LogP contribution in [0.4, 0.5) is 0 Å². The van der Waals surface area contributed by atoms with Crippen molar-refractivity contribution in [3.63, 3.8) is 0 Å². The second-order valence-electron chi connectivity index (χ2n) is 6.00. The first-order chi connectivity index (χ1) is 11.5. The monoisotopic (exact) mass is 329 g/mol. The highest BCUT2D eigenvalue weighted by atomic mass is 16.5. The molecule has 0 bridgehead atoms. The molecule has 6 nitrogen and oxygen atoms in total. The van der Waals surface area contributed by atoms with Gasteiger partial charge in [-0.2, -0.15) is 5.10 Å². The van der Waals surface area contributed by atoms with Crippen LogP contribution in [-0.4, -0.2) is 47.5 Å². The maximum Gasteiger partial charge on any atom is 0.258 e. The van der Waals surface area contributed by atoms with E-state index in [0.29, 0.717) is 31.1 Å². The Morgan fingerprint density at radius 1 is 1.33 bits per heavy atom. The largest absolute Gasteiger partial charge is 0.496 e. The first-order valence-corrected chi connectivity index (χ1v) is 8.06. The zero-order valence-corrected chi connectivity index (χ0v) is 14.6. The van der Waals surface area contributed by atoms with Crippen LogP contribution in [0.15, 0.2) is 24.3 Å². The Bertz CT molecular complexity index is 754. The highest BCUT2D eigenvalue weighted by molar-refractivity contribution is 5.97. The molecule has 6 heteroatoms. The van der Waals surface area contributed by atoms with Crippen molar-refractivity contribution < 1.29 is 14.3 Å². The van der Waals surface area contributed by atoms with Crippen LogP contribution in [0.1, 0.15) is 33.4 Å². The molecule has 2 heterocycles.